The number of aryl methyl sites for hydroxylation is 3. The second-order valence-corrected chi connectivity index (χ2v) is 17.3. The molecule has 294 valence electrons. The highest BCUT2D eigenvalue weighted by Gasteiger charge is 2.32. The maximum Gasteiger partial charge on any atom is 0.141 e. The molecule has 0 radical (unpaired) electrons. The van der Waals surface area contributed by atoms with Crippen LogP contribution in [0, 0.1) is 0 Å². The summed E-state index contributed by atoms with van der Waals surface area (Å²) in [6, 6.07) is 34.8. The van der Waals surface area contributed by atoms with Crippen molar-refractivity contribution in [1.29, 1.82) is 0 Å². The molecule has 6 heterocycles. The summed E-state index contributed by atoms with van der Waals surface area (Å²) in [4.78, 5) is 18.5. The Bertz CT molecular complexity index is 2650. The van der Waals surface area contributed by atoms with Crippen molar-refractivity contribution in [3.05, 3.63) is 159 Å². The van der Waals surface area contributed by atoms with E-state index < -0.39 is 0 Å². The van der Waals surface area contributed by atoms with E-state index in [1.165, 1.54) is 38.6 Å². The predicted molar refractivity (Wildman–Crippen MR) is 242 cm³/mol. The number of rotatable bonds is 15. The number of likely N-dealkylation sites (N-methyl/N-ethyl adjacent to an activating group) is 1. The zero-order chi connectivity index (χ0) is 39.4. The Labute approximate surface area is 347 Å². The lowest BCUT2D eigenvalue weighted by Crippen LogP contribution is -2.26. The van der Waals surface area contributed by atoms with Gasteiger partial charge in [-0.15, -0.1) is 22.7 Å². The molecule has 0 aliphatic carbocycles. The van der Waals surface area contributed by atoms with Crippen molar-refractivity contribution in [3.8, 4) is 0 Å². The SMILES string of the molecule is CN1CC(c2cn(CCCCn3ccnc3)c3cc(N=C(N)c4cccs4)ccc23)CC1CCn1c(Cc2ccccc2)cc2ccc(N=C(N)c3cccs3)cc21. The van der Waals surface area contributed by atoms with Gasteiger partial charge in [-0.3, -0.25) is 0 Å². The number of nitrogens with two attached hydrogens (primary N) is 2. The highest BCUT2D eigenvalue weighted by atomic mass is 32.1. The van der Waals surface area contributed by atoms with Crippen LogP contribution < -0.4 is 11.5 Å². The van der Waals surface area contributed by atoms with E-state index >= 15 is 0 Å². The number of amidine groups is 2. The monoisotopic (exact) mass is 803 g/mol. The van der Waals surface area contributed by atoms with Gasteiger partial charge in [0.2, 0.25) is 0 Å². The summed E-state index contributed by atoms with van der Waals surface area (Å²) in [7, 11) is 2.30. The maximum absolute atomic E-state index is 6.45. The fourth-order valence-corrected chi connectivity index (χ4v) is 9.88. The molecule has 9 nitrogen and oxygen atoms in total. The van der Waals surface area contributed by atoms with Crippen LogP contribution in [0.5, 0.6) is 0 Å². The van der Waals surface area contributed by atoms with Crippen molar-refractivity contribution in [2.75, 3.05) is 13.6 Å². The summed E-state index contributed by atoms with van der Waals surface area (Å²) in [6.07, 6.45) is 13.4. The van der Waals surface area contributed by atoms with E-state index in [1.54, 1.807) is 22.7 Å². The number of aromatic nitrogens is 4. The van der Waals surface area contributed by atoms with Crippen LogP contribution in [-0.2, 0) is 26.1 Å². The number of hydrogen-bond donors (Lipinski definition) is 2. The second-order valence-electron chi connectivity index (χ2n) is 15.4. The van der Waals surface area contributed by atoms with Crippen molar-refractivity contribution >= 4 is 67.5 Å². The molecule has 2 atom stereocenters. The van der Waals surface area contributed by atoms with Gasteiger partial charge in [0.05, 0.1) is 38.5 Å². The van der Waals surface area contributed by atoms with Crippen LogP contribution in [0.3, 0.4) is 0 Å². The third kappa shape index (κ3) is 8.29. The summed E-state index contributed by atoms with van der Waals surface area (Å²) >= 11 is 3.23. The molecule has 0 amide bonds. The van der Waals surface area contributed by atoms with Crippen molar-refractivity contribution < 1.29 is 0 Å². The highest BCUT2D eigenvalue weighted by molar-refractivity contribution is 7.12. The summed E-state index contributed by atoms with van der Waals surface area (Å²) in [5, 5.41) is 6.62. The molecule has 1 saturated heterocycles. The van der Waals surface area contributed by atoms with Gasteiger partial charge in [0, 0.05) is 79.6 Å². The first-order valence-electron chi connectivity index (χ1n) is 20.2. The summed E-state index contributed by atoms with van der Waals surface area (Å²) in [6.45, 7) is 3.86. The second kappa shape index (κ2) is 17.0. The molecule has 2 unspecified atom stereocenters. The maximum atomic E-state index is 6.45. The Morgan fingerprint density at radius 3 is 2.22 bits per heavy atom. The van der Waals surface area contributed by atoms with Crippen LogP contribution in [0.15, 0.2) is 143 Å². The fraction of sp³-hybridized carbons (Fsp3) is 0.255. The van der Waals surface area contributed by atoms with Crippen molar-refractivity contribution in [3.63, 3.8) is 0 Å². The normalized spacial score (nSPS) is 16.6. The number of benzene rings is 3. The smallest absolute Gasteiger partial charge is 0.141 e. The van der Waals surface area contributed by atoms with Gasteiger partial charge < -0.3 is 30.1 Å². The van der Waals surface area contributed by atoms with Gasteiger partial charge in [-0.25, -0.2) is 15.0 Å². The Morgan fingerprint density at radius 2 is 1.52 bits per heavy atom. The average Bonchev–Trinajstić information content (AvgIpc) is 4.10. The van der Waals surface area contributed by atoms with Crippen molar-refractivity contribution in [2.45, 2.75) is 63.7 Å². The first-order valence-corrected chi connectivity index (χ1v) is 21.9. The van der Waals surface area contributed by atoms with E-state index in [0.29, 0.717) is 23.6 Å². The lowest BCUT2D eigenvalue weighted by Gasteiger charge is -2.20. The minimum atomic E-state index is 0.432. The molecule has 1 aliphatic rings. The zero-order valence-corrected chi connectivity index (χ0v) is 34.5. The number of fused-ring (bicyclic) bond motifs is 2. The first-order chi connectivity index (χ1) is 28.4. The largest absolute Gasteiger partial charge is 0.383 e. The van der Waals surface area contributed by atoms with Crippen LogP contribution in [0.2, 0.25) is 0 Å². The topological polar surface area (TPSA) is 108 Å². The molecule has 9 rings (SSSR count). The van der Waals surface area contributed by atoms with Crippen molar-refractivity contribution in [2.24, 2.45) is 21.5 Å². The third-order valence-electron chi connectivity index (χ3n) is 11.6. The molecule has 8 aromatic rings. The number of likely N-dealkylation sites (tertiary alicyclic amines) is 1. The van der Waals surface area contributed by atoms with Gasteiger partial charge in [-0.1, -0.05) is 54.6 Å². The van der Waals surface area contributed by atoms with Crippen LogP contribution in [0.1, 0.15) is 58.2 Å². The lowest BCUT2D eigenvalue weighted by atomic mass is 9.95. The van der Waals surface area contributed by atoms with Gasteiger partial charge in [0.25, 0.3) is 0 Å². The van der Waals surface area contributed by atoms with Crippen LogP contribution >= 0.6 is 22.7 Å². The molecule has 5 aromatic heterocycles. The van der Waals surface area contributed by atoms with Gasteiger partial charge in [0.1, 0.15) is 11.7 Å². The number of thiophene rings is 2. The summed E-state index contributed by atoms with van der Waals surface area (Å²) in [5.74, 6) is 1.54. The predicted octanol–water partition coefficient (Wildman–Crippen LogP) is 9.94. The minimum absolute atomic E-state index is 0.432. The number of hydrogen-bond acceptors (Lipinski definition) is 6. The molecule has 1 aliphatic heterocycles. The summed E-state index contributed by atoms with van der Waals surface area (Å²) < 4.78 is 7.15. The zero-order valence-electron chi connectivity index (χ0n) is 32.8. The average molecular weight is 804 g/mol. The molecule has 3 aromatic carbocycles. The van der Waals surface area contributed by atoms with Gasteiger partial charge in [0.15, 0.2) is 0 Å². The molecular formula is C47H49N9S2. The molecular weight excluding hydrogens is 755 g/mol. The molecule has 4 N–H and O–H groups in total. The minimum Gasteiger partial charge on any atom is -0.383 e. The molecule has 0 spiro atoms. The molecule has 1 fully saturated rings. The molecule has 0 bridgehead atoms. The van der Waals surface area contributed by atoms with Crippen LogP contribution in [-0.4, -0.2) is 54.9 Å². The van der Waals surface area contributed by atoms with E-state index in [4.69, 9.17) is 21.5 Å². The van der Waals surface area contributed by atoms with Gasteiger partial charge in [-0.05, 0) is 97.1 Å². The number of imidazole rings is 1. The molecule has 11 heteroatoms. The molecule has 0 saturated carbocycles. The van der Waals surface area contributed by atoms with Crippen LogP contribution in [0.4, 0.5) is 11.4 Å². The number of unbranched alkanes of at least 4 members (excludes halogenated alkanes) is 1. The third-order valence-corrected chi connectivity index (χ3v) is 13.4. The van der Waals surface area contributed by atoms with E-state index in [-0.39, 0.29) is 0 Å². The Kier molecular flexibility index (Phi) is 11.1. The van der Waals surface area contributed by atoms with E-state index in [1.807, 2.05) is 53.7 Å². The Morgan fingerprint density at radius 1 is 0.793 bits per heavy atom. The number of nitrogens with zero attached hydrogens (tertiary/aromatic N) is 7. The van der Waals surface area contributed by atoms with Gasteiger partial charge >= 0.3 is 0 Å². The number of aliphatic imine (C=N–C) groups is 2. The molecule has 58 heavy (non-hydrogen) atoms. The Balaban J connectivity index is 0.974. The van der Waals surface area contributed by atoms with E-state index in [9.17, 15) is 0 Å². The Hall–Kier alpha value is -5.75. The highest BCUT2D eigenvalue weighted by Crippen LogP contribution is 2.39. The van der Waals surface area contributed by atoms with Gasteiger partial charge in [-0.2, -0.15) is 0 Å². The quantitative estimate of drug-likeness (QED) is 0.0611. The summed E-state index contributed by atoms with van der Waals surface area (Å²) in [5.41, 5.74) is 21.2. The van der Waals surface area contributed by atoms with Crippen LogP contribution in [0.25, 0.3) is 21.8 Å². The first kappa shape index (κ1) is 37.8. The van der Waals surface area contributed by atoms with Crippen molar-refractivity contribution in [1.82, 2.24) is 23.6 Å². The standard InChI is InChI=1S/C47H49N9S2/c1-53-30-35(41-31-55(20-6-5-19-54-22-18-50-32-54)43-29-37(15-16-40(41)43)52-47(49)45-12-8-24-58-45)27-38(53)17-21-56-39(25-33-9-3-2-4-10-33)26-34-13-14-36(28-42(34)56)51-46(48)44-11-7-23-57-44/h2-4,7-16,18,22-24,26,28-29,31-32,35,38H,5-6,17,19-21,25,27,30H2,1H3,(H2,48,51)(H2,49,52). The fourth-order valence-electron chi connectivity index (χ4n) is 8.63. The van der Waals surface area contributed by atoms with E-state index in [2.05, 4.69) is 110 Å². The van der Waals surface area contributed by atoms with E-state index in [0.717, 1.165) is 79.4 Å². The lowest BCUT2D eigenvalue weighted by molar-refractivity contribution is 0.286.